The van der Waals surface area contributed by atoms with Crippen LogP contribution in [0.4, 0.5) is 13.2 Å². The largest absolute Gasteiger partial charge is 0.418 e. The van der Waals surface area contributed by atoms with E-state index in [0.29, 0.717) is 35.2 Å². The Kier molecular flexibility index (Phi) is 6.98. The Balaban J connectivity index is 1.47. The number of halogens is 3. The number of alkyl halides is 3. The summed E-state index contributed by atoms with van der Waals surface area (Å²) < 4.78 is 47.7. The summed E-state index contributed by atoms with van der Waals surface area (Å²) in [6, 6.07) is 8.74. The number of piperidine rings is 1. The number of rotatable bonds is 6. The number of aromatic nitrogens is 5. The first-order valence-electron chi connectivity index (χ1n) is 14.1. The van der Waals surface area contributed by atoms with Gasteiger partial charge < -0.3 is 4.57 Å². The van der Waals surface area contributed by atoms with Crippen molar-refractivity contribution in [1.29, 1.82) is 10.7 Å². The molecule has 0 spiro atoms. The molecule has 0 bridgehead atoms. The quantitative estimate of drug-likeness (QED) is 0.341. The molecule has 3 aromatic heterocycles. The highest BCUT2D eigenvalue weighted by Crippen LogP contribution is 2.43. The number of pyridine rings is 1. The van der Waals surface area contributed by atoms with Crippen molar-refractivity contribution < 1.29 is 13.2 Å². The van der Waals surface area contributed by atoms with Crippen LogP contribution in [0, 0.1) is 28.6 Å². The molecule has 6 rings (SSSR count). The van der Waals surface area contributed by atoms with Gasteiger partial charge in [0.25, 0.3) is 0 Å². The number of nitrogens with zero attached hydrogens (tertiary/aromatic N) is 7. The number of nitriles is 1. The van der Waals surface area contributed by atoms with E-state index >= 15 is 0 Å². The number of imidazole rings is 1. The fourth-order valence-corrected chi connectivity index (χ4v) is 6.46. The summed E-state index contributed by atoms with van der Waals surface area (Å²) in [5, 5.41) is 27.3. The number of likely N-dealkylation sites (tertiary alicyclic amines) is 1. The van der Waals surface area contributed by atoms with Crippen molar-refractivity contribution in [3.05, 3.63) is 76.7 Å². The molecule has 0 amide bonds. The van der Waals surface area contributed by atoms with Crippen LogP contribution in [0.1, 0.15) is 73.0 Å². The topological polar surface area (TPSA) is 90.9 Å². The lowest BCUT2D eigenvalue weighted by molar-refractivity contribution is -0.136. The van der Waals surface area contributed by atoms with E-state index in [-0.39, 0.29) is 17.1 Å². The summed E-state index contributed by atoms with van der Waals surface area (Å²) in [6.07, 6.45) is 5.36. The van der Waals surface area contributed by atoms with E-state index in [9.17, 15) is 18.4 Å². The van der Waals surface area contributed by atoms with Gasteiger partial charge in [0.2, 0.25) is 5.62 Å². The number of nitrogens with one attached hydrogen (secondary N) is 1. The van der Waals surface area contributed by atoms with Gasteiger partial charge in [0, 0.05) is 38.4 Å². The molecule has 11 heteroatoms. The van der Waals surface area contributed by atoms with Crippen molar-refractivity contribution in [3.63, 3.8) is 0 Å². The first-order chi connectivity index (χ1) is 19.6. The second kappa shape index (κ2) is 10.5. The number of fused-ring (bicyclic) bond motifs is 1. The van der Waals surface area contributed by atoms with Gasteiger partial charge in [0.05, 0.1) is 28.4 Å². The minimum atomic E-state index is -4.59. The zero-order chi connectivity index (χ0) is 28.9. The van der Waals surface area contributed by atoms with Crippen molar-refractivity contribution in [2.24, 2.45) is 18.9 Å². The molecule has 41 heavy (non-hydrogen) atoms. The van der Waals surface area contributed by atoms with Gasteiger partial charge in [-0.2, -0.15) is 18.4 Å². The first-order valence-corrected chi connectivity index (χ1v) is 14.1. The summed E-state index contributed by atoms with van der Waals surface area (Å²) in [6.45, 7) is 4.25. The van der Waals surface area contributed by atoms with Crippen LogP contribution < -0.4 is 5.62 Å². The minimum Gasteiger partial charge on any atom is -0.320 e. The molecule has 1 aliphatic carbocycles. The number of benzene rings is 1. The van der Waals surface area contributed by atoms with Crippen LogP contribution in [0.3, 0.4) is 0 Å². The van der Waals surface area contributed by atoms with Crippen molar-refractivity contribution in [1.82, 2.24) is 28.6 Å². The predicted molar refractivity (Wildman–Crippen MR) is 146 cm³/mol. The normalized spacial score (nSPS) is 19.3. The molecule has 2 aliphatic rings. The van der Waals surface area contributed by atoms with Crippen LogP contribution in [-0.4, -0.2) is 41.7 Å². The van der Waals surface area contributed by atoms with E-state index < -0.39 is 11.7 Å². The van der Waals surface area contributed by atoms with Crippen LogP contribution >= 0.6 is 0 Å². The van der Waals surface area contributed by atoms with Crippen LogP contribution in [-0.2, 0) is 19.8 Å². The second-order valence-electron chi connectivity index (χ2n) is 11.7. The van der Waals surface area contributed by atoms with Crippen molar-refractivity contribution in [2.75, 3.05) is 13.1 Å². The van der Waals surface area contributed by atoms with Crippen molar-refractivity contribution in [2.45, 2.75) is 57.7 Å². The van der Waals surface area contributed by atoms with Gasteiger partial charge in [0.1, 0.15) is 12.2 Å². The van der Waals surface area contributed by atoms with E-state index in [2.05, 4.69) is 28.1 Å². The molecule has 8 nitrogen and oxygen atoms in total. The summed E-state index contributed by atoms with van der Waals surface area (Å²) in [5.41, 5.74) is 1.24. The summed E-state index contributed by atoms with van der Waals surface area (Å²) in [5.74, 6) is 1.50. The summed E-state index contributed by atoms with van der Waals surface area (Å²) in [7, 11) is 1.88. The Morgan fingerprint density at radius 2 is 1.93 bits per heavy atom. The monoisotopic (exact) mass is 562 g/mol. The molecular formula is C30H33F3N8. The van der Waals surface area contributed by atoms with Gasteiger partial charge >= 0.3 is 6.18 Å². The summed E-state index contributed by atoms with van der Waals surface area (Å²) in [4.78, 5) is 2.19. The maximum absolute atomic E-state index is 14.3. The number of aryl methyl sites for hydroxylation is 1. The van der Waals surface area contributed by atoms with Crippen LogP contribution in [0.25, 0.3) is 11.2 Å². The zero-order valence-corrected chi connectivity index (χ0v) is 23.2. The molecular weight excluding hydrogens is 529 g/mol. The molecule has 214 valence electrons. The van der Waals surface area contributed by atoms with Crippen LogP contribution in [0.2, 0.25) is 0 Å². The standard InChI is InChI=1S/C30H33F3N8/c1-19-5-4-8-39(14-19)15-21-11-25(30(31,32)33)26-17-40(29(35)41(26)16-21)24-10-20(13-34)9-23(12-24)27(22-6-3-7-22)28-37-36-18-38(28)2/h9-12,16-19,22,27,35H,3-8,14-15H2,1-2H3/t19-,27+/m0/s1. The molecule has 2 atom stereocenters. The lowest BCUT2D eigenvalue weighted by Crippen LogP contribution is -2.34. The maximum atomic E-state index is 14.3. The van der Waals surface area contributed by atoms with Gasteiger partial charge in [-0.1, -0.05) is 13.3 Å². The van der Waals surface area contributed by atoms with E-state index in [1.165, 1.54) is 21.2 Å². The van der Waals surface area contributed by atoms with Gasteiger partial charge in [-0.15, -0.1) is 10.2 Å². The lowest BCUT2D eigenvalue weighted by atomic mass is 9.72. The lowest BCUT2D eigenvalue weighted by Gasteiger charge is -2.33. The van der Waals surface area contributed by atoms with Gasteiger partial charge in [-0.25, -0.2) is 0 Å². The third-order valence-electron chi connectivity index (χ3n) is 8.67. The third kappa shape index (κ3) is 5.17. The van der Waals surface area contributed by atoms with Crippen LogP contribution in [0.5, 0.6) is 0 Å². The van der Waals surface area contributed by atoms with Crippen molar-refractivity contribution >= 4 is 5.52 Å². The van der Waals surface area contributed by atoms with E-state index in [4.69, 9.17) is 5.41 Å². The van der Waals surface area contributed by atoms with Crippen molar-refractivity contribution in [3.8, 4) is 11.8 Å². The molecule has 4 heterocycles. The van der Waals surface area contributed by atoms with Gasteiger partial charge in [-0.05, 0) is 79.5 Å². The van der Waals surface area contributed by atoms with E-state index in [0.717, 1.165) is 56.6 Å². The number of hydrogen-bond donors (Lipinski definition) is 1. The number of hydrogen-bond acceptors (Lipinski definition) is 5. The fourth-order valence-electron chi connectivity index (χ4n) is 6.46. The van der Waals surface area contributed by atoms with Gasteiger partial charge in [-0.3, -0.25) is 19.3 Å². The predicted octanol–water partition coefficient (Wildman–Crippen LogP) is 5.39. The molecule has 0 radical (unpaired) electrons. The molecule has 2 fully saturated rings. The smallest absolute Gasteiger partial charge is 0.320 e. The molecule has 0 unspecified atom stereocenters. The highest BCUT2D eigenvalue weighted by atomic mass is 19.4. The van der Waals surface area contributed by atoms with E-state index in [1.54, 1.807) is 18.6 Å². The fraction of sp³-hybridized carbons (Fsp3) is 0.467. The Bertz CT molecular complexity index is 1680. The molecule has 1 saturated carbocycles. The summed E-state index contributed by atoms with van der Waals surface area (Å²) >= 11 is 0. The maximum Gasteiger partial charge on any atom is 0.418 e. The Morgan fingerprint density at radius 3 is 2.56 bits per heavy atom. The van der Waals surface area contributed by atoms with Crippen LogP contribution in [0.15, 0.2) is 43.0 Å². The molecule has 1 saturated heterocycles. The zero-order valence-electron chi connectivity index (χ0n) is 23.2. The Labute approximate surface area is 236 Å². The van der Waals surface area contributed by atoms with Gasteiger partial charge in [0.15, 0.2) is 0 Å². The average molecular weight is 563 g/mol. The highest BCUT2D eigenvalue weighted by Gasteiger charge is 2.35. The minimum absolute atomic E-state index is 0.0917. The molecule has 4 aromatic rings. The highest BCUT2D eigenvalue weighted by molar-refractivity contribution is 5.58. The first kappa shape index (κ1) is 27.3. The molecule has 1 aromatic carbocycles. The third-order valence-corrected chi connectivity index (χ3v) is 8.67. The van der Waals surface area contributed by atoms with E-state index in [1.807, 2.05) is 23.7 Å². The average Bonchev–Trinajstić information content (AvgIpc) is 3.47. The SMILES string of the molecule is C[C@H]1CCCN(Cc2cc(C(F)(F)F)c3cn(-c4cc(C#N)cc([C@H](c5nncn5C)C5CCC5)c4)c(=N)n3c2)C1. The Morgan fingerprint density at radius 1 is 1.12 bits per heavy atom. The molecule has 1 N–H and O–H groups in total. The Hall–Kier alpha value is -3.91. The molecule has 1 aliphatic heterocycles. The second-order valence-corrected chi connectivity index (χ2v) is 11.7.